The Morgan fingerprint density at radius 1 is 0.293 bits per heavy atom. The third-order valence-electron chi connectivity index (χ3n) is 11.5. The summed E-state index contributed by atoms with van der Waals surface area (Å²) in [5.74, 6) is 0. The van der Waals surface area contributed by atoms with Crippen molar-refractivity contribution in [1.29, 1.82) is 0 Å². The number of rotatable bonds is 6. The Hall–Kier alpha value is -7.82. The second kappa shape index (κ2) is 12.9. The first kappa shape index (κ1) is 32.4. The van der Waals surface area contributed by atoms with Crippen LogP contribution in [-0.2, 0) is 0 Å². The molecule has 3 heterocycles. The van der Waals surface area contributed by atoms with E-state index in [-0.39, 0.29) is 0 Å². The van der Waals surface area contributed by atoms with Crippen molar-refractivity contribution in [3.05, 3.63) is 200 Å². The summed E-state index contributed by atoms with van der Waals surface area (Å²) >= 11 is 0. The van der Waals surface area contributed by atoms with Crippen LogP contribution in [0.5, 0.6) is 0 Å². The molecule has 0 bridgehead atoms. The number of benzene rings is 9. The molecule has 0 aliphatic rings. The fourth-order valence-corrected chi connectivity index (χ4v) is 8.80. The quantitative estimate of drug-likeness (QED) is 0.170. The molecule has 0 amide bonds. The van der Waals surface area contributed by atoms with E-state index in [1.807, 2.05) is 30.3 Å². The van der Waals surface area contributed by atoms with Gasteiger partial charge in [-0.25, -0.2) is 0 Å². The van der Waals surface area contributed by atoms with Crippen LogP contribution in [0.15, 0.2) is 213 Å². The number of fused-ring (bicyclic) bond motifs is 9. The van der Waals surface area contributed by atoms with E-state index in [1.165, 1.54) is 5.56 Å². The Balaban J connectivity index is 1.15. The molecule has 12 aromatic rings. The van der Waals surface area contributed by atoms with E-state index < -0.39 is 0 Å². The van der Waals surface area contributed by atoms with E-state index in [2.05, 4.69) is 175 Å². The average Bonchev–Trinajstić information content (AvgIpc) is 3.99. The summed E-state index contributed by atoms with van der Waals surface area (Å²) in [5.41, 5.74) is 14.4. The summed E-state index contributed by atoms with van der Waals surface area (Å²) in [6, 6.07) is 70.0. The lowest BCUT2D eigenvalue weighted by molar-refractivity contribution is 0.664. The van der Waals surface area contributed by atoms with Gasteiger partial charge in [0, 0.05) is 43.6 Å². The minimum absolute atomic E-state index is 0.773. The molecule has 0 fully saturated rings. The fraction of sp³-hybridized carbons (Fsp3) is 0. The molecule has 0 saturated carbocycles. The van der Waals surface area contributed by atoms with E-state index in [9.17, 15) is 0 Å². The van der Waals surface area contributed by atoms with Crippen LogP contribution in [0.4, 0.5) is 17.1 Å². The first-order chi connectivity index (χ1) is 28.8. The van der Waals surface area contributed by atoms with Crippen LogP contribution in [0.1, 0.15) is 0 Å². The predicted octanol–water partition coefficient (Wildman–Crippen LogP) is 15.9. The number of hydrogen-bond acceptors (Lipinski definition) is 4. The highest BCUT2D eigenvalue weighted by molar-refractivity contribution is 6.24. The number of nitrogens with zero attached hydrogens (tertiary/aromatic N) is 1. The first-order valence-corrected chi connectivity index (χ1v) is 19.6. The van der Waals surface area contributed by atoms with E-state index in [0.29, 0.717) is 0 Å². The van der Waals surface area contributed by atoms with Crippen LogP contribution < -0.4 is 4.90 Å². The summed E-state index contributed by atoms with van der Waals surface area (Å²) < 4.78 is 20.6. The van der Waals surface area contributed by atoms with E-state index in [0.717, 1.165) is 111 Å². The molecule has 0 aliphatic carbocycles. The summed E-state index contributed by atoms with van der Waals surface area (Å²) in [4.78, 5) is 2.29. The second-order valence-corrected chi connectivity index (χ2v) is 14.8. The number of para-hydroxylation sites is 4. The number of anilines is 3. The Morgan fingerprint density at radius 2 is 0.810 bits per heavy atom. The van der Waals surface area contributed by atoms with Crippen LogP contribution in [0.2, 0.25) is 0 Å². The maximum Gasteiger partial charge on any atom is 0.159 e. The van der Waals surface area contributed by atoms with Crippen LogP contribution >= 0.6 is 0 Å². The normalized spacial score (nSPS) is 11.8. The molecule has 0 aliphatic heterocycles. The molecule has 0 radical (unpaired) electrons. The summed E-state index contributed by atoms with van der Waals surface area (Å²) in [5, 5.41) is 6.22. The standard InChI is InChI=1S/C54H33NO3/c1-3-14-34(15-4-1)36-28-30-37(31-29-36)50-51-43-21-8-10-27-48(43)56-49(51)33-44-42-23-13-25-46(53(42)58-54(44)50)55(39-19-11-18-38(32-39)35-16-5-2-6-17-35)45-24-12-22-41-40-20-7-9-26-47(40)57-52(41)45/h1-33H. The minimum atomic E-state index is 0.773. The molecular weight excluding hydrogens is 711 g/mol. The van der Waals surface area contributed by atoms with Crippen LogP contribution in [0.3, 0.4) is 0 Å². The highest BCUT2D eigenvalue weighted by Gasteiger charge is 2.26. The smallest absolute Gasteiger partial charge is 0.159 e. The first-order valence-electron chi connectivity index (χ1n) is 19.6. The van der Waals surface area contributed by atoms with Crippen molar-refractivity contribution < 1.29 is 13.3 Å². The molecule has 9 aromatic carbocycles. The van der Waals surface area contributed by atoms with Gasteiger partial charge in [0.05, 0.1) is 11.4 Å². The van der Waals surface area contributed by atoms with Crippen LogP contribution in [0.25, 0.3) is 99.2 Å². The third-order valence-corrected chi connectivity index (χ3v) is 11.5. The summed E-state index contributed by atoms with van der Waals surface area (Å²) in [6.07, 6.45) is 0. The largest absolute Gasteiger partial charge is 0.456 e. The fourth-order valence-electron chi connectivity index (χ4n) is 8.80. The molecule has 4 nitrogen and oxygen atoms in total. The zero-order valence-corrected chi connectivity index (χ0v) is 31.2. The lowest BCUT2D eigenvalue weighted by Crippen LogP contribution is -2.10. The van der Waals surface area contributed by atoms with Gasteiger partial charge in [-0.1, -0.05) is 158 Å². The minimum Gasteiger partial charge on any atom is -0.456 e. The number of hydrogen-bond donors (Lipinski definition) is 0. The molecule has 272 valence electrons. The molecule has 3 aromatic heterocycles. The van der Waals surface area contributed by atoms with Gasteiger partial charge >= 0.3 is 0 Å². The van der Waals surface area contributed by atoms with Gasteiger partial charge in [0.2, 0.25) is 0 Å². The van der Waals surface area contributed by atoms with Crippen molar-refractivity contribution in [3.63, 3.8) is 0 Å². The zero-order chi connectivity index (χ0) is 38.2. The monoisotopic (exact) mass is 743 g/mol. The highest BCUT2D eigenvalue weighted by atomic mass is 16.3. The van der Waals surface area contributed by atoms with E-state index in [4.69, 9.17) is 13.3 Å². The van der Waals surface area contributed by atoms with Gasteiger partial charge in [-0.3, -0.25) is 0 Å². The van der Waals surface area contributed by atoms with Gasteiger partial charge in [0.15, 0.2) is 11.2 Å². The van der Waals surface area contributed by atoms with Crippen molar-refractivity contribution >= 4 is 82.9 Å². The third kappa shape index (κ3) is 5.02. The molecule has 0 N–H and O–H groups in total. The molecule has 58 heavy (non-hydrogen) atoms. The van der Waals surface area contributed by atoms with Gasteiger partial charge in [-0.15, -0.1) is 0 Å². The summed E-state index contributed by atoms with van der Waals surface area (Å²) in [7, 11) is 0. The van der Waals surface area contributed by atoms with Crippen molar-refractivity contribution in [2.75, 3.05) is 4.90 Å². The molecule has 0 spiro atoms. The summed E-state index contributed by atoms with van der Waals surface area (Å²) in [6.45, 7) is 0. The maximum absolute atomic E-state index is 7.31. The molecule has 0 atom stereocenters. The topological polar surface area (TPSA) is 42.7 Å². The Kier molecular flexibility index (Phi) is 7.20. The Bertz CT molecular complexity index is 3500. The van der Waals surface area contributed by atoms with Gasteiger partial charge in [0.1, 0.15) is 22.3 Å². The van der Waals surface area contributed by atoms with Crippen molar-refractivity contribution in [1.82, 2.24) is 0 Å². The van der Waals surface area contributed by atoms with Crippen LogP contribution in [0, 0.1) is 0 Å². The van der Waals surface area contributed by atoms with Gasteiger partial charge in [0.25, 0.3) is 0 Å². The van der Waals surface area contributed by atoms with E-state index in [1.54, 1.807) is 0 Å². The second-order valence-electron chi connectivity index (χ2n) is 14.8. The SMILES string of the molecule is c1ccc(-c2ccc(-c3c4oc5c(N(c6cccc(-c7ccccc7)c6)c6cccc7c6oc6ccccc67)cccc5c4cc4oc5ccccc5c34)cc2)cc1. The lowest BCUT2D eigenvalue weighted by atomic mass is 9.95. The van der Waals surface area contributed by atoms with Gasteiger partial charge in [-0.2, -0.15) is 0 Å². The van der Waals surface area contributed by atoms with Gasteiger partial charge in [-0.05, 0) is 70.3 Å². The van der Waals surface area contributed by atoms with Crippen LogP contribution in [-0.4, -0.2) is 0 Å². The Morgan fingerprint density at radius 3 is 1.53 bits per heavy atom. The zero-order valence-electron chi connectivity index (χ0n) is 31.2. The molecule has 0 saturated heterocycles. The predicted molar refractivity (Wildman–Crippen MR) is 239 cm³/mol. The van der Waals surface area contributed by atoms with E-state index >= 15 is 0 Å². The van der Waals surface area contributed by atoms with Crippen molar-refractivity contribution in [2.45, 2.75) is 0 Å². The maximum atomic E-state index is 7.31. The van der Waals surface area contributed by atoms with Crippen molar-refractivity contribution in [2.24, 2.45) is 0 Å². The average molecular weight is 744 g/mol. The molecule has 12 rings (SSSR count). The number of furan rings is 3. The highest BCUT2D eigenvalue weighted by Crippen LogP contribution is 2.50. The van der Waals surface area contributed by atoms with Gasteiger partial charge < -0.3 is 18.2 Å². The molecule has 4 heteroatoms. The lowest BCUT2D eigenvalue weighted by Gasteiger charge is -2.26. The molecule has 0 unspecified atom stereocenters. The Labute approximate surface area is 333 Å². The molecular formula is C54H33NO3. The van der Waals surface area contributed by atoms with Crippen molar-refractivity contribution in [3.8, 4) is 33.4 Å².